The number of para-hydroxylation sites is 1. The topological polar surface area (TPSA) is 73.3 Å². The lowest BCUT2D eigenvalue weighted by Crippen LogP contribution is -2.02. The van der Waals surface area contributed by atoms with Gasteiger partial charge >= 0.3 is 0 Å². The average Bonchev–Trinajstić information content (AvgIpc) is 2.67. The lowest BCUT2D eigenvalue weighted by atomic mass is 10.2. The van der Waals surface area contributed by atoms with Crippen LogP contribution in [0.3, 0.4) is 0 Å². The first-order valence-electron chi connectivity index (χ1n) is 5.86. The van der Waals surface area contributed by atoms with Crippen LogP contribution in [-0.2, 0) is 13.2 Å². The van der Waals surface area contributed by atoms with Crippen molar-refractivity contribution in [3.05, 3.63) is 35.5 Å². The number of ether oxygens (including phenoxy) is 1. The van der Waals surface area contributed by atoms with Crippen molar-refractivity contribution in [1.82, 2.24) is 9.78 Å². The molecule has 0 unspecified atom stereocenters. The minimum Gasteiger partial charge on any atom is -0.437 e. The minimum absolute atomic E-state index is 0.0741. The van der Waals surface area contributed by atoms with Crippen LogP contribution in [0.4, 0.5) is 5.69 Å². The summed E-state index contributed by atoms with van der Waals surface area (Å²) in [7, 11) is 0. The molecule has 5 nitrogen and oxygen atoms in total. The van der Waals surface area contributed by atoms with Gasteiger partial charge in [0, 0.05) is 12.1 Å². The summed E-state index contributed by atoms with van der Waals surface area (Å²) in [4.78, 5) is 0. The number of nitrogens with zero attached hydrogens (tertiary/aromatic N) is 2. The number of hydrogen-bond acceptors (Lipinski definition) is 4. The Morgan fingerprint density at radius 2 is 2.11 bits per heavy atom. The standard InChI is InChI=1S/C13H17N3O2/c1-3-16-13(12(14)9(2)15-16)18-11-7-5-4-6-10(11)8-17/h4-7,17H,3,8,14H2,1-2H3. The number of aryl methyl sites for hydroxylation is 2. The summed E-state index contributed by atoms with van der Waals surface area (Å²) < 4.78 is 7.50. The Kier molecular flexibility index (Phi) is 3.53. The largest absolute Gasteiger partial charge is 0.437 e. The number of nitrogens with two attached hydrogens (primary N) is 1. The summed E-state index contributed by atoms with van der Waals surface area (Å²) >= 11 is 0. The molecule has 0 aliphatic rings. The average molecular weight is 247 g/mol. The maximum Gasteiger partial charge on any atom is 0.241 e. The van der Waals surface area contributed by atoms with E-state index in [0.29, 0.717) is 23.9 Å². The summed E-state index contributed by atoms with van der Waals surface area (Å²) in [5.74, 6) is 1.12. The minimum atomic E-state index is -0.0741. The van der Waals surface area contributed by atoms with Gasteiger partial charge in [0.25, 0.3) is 0 Å². The third-order valence-corrected chi connectivity index (χ3v) is 2.77. The van der Waals surface area contributed by atoms with Crippen LogP contribution in [0.2, 0.25) is 0 Å². The number of aromatic nitrogens is 2. The molecule has 1 aromatic carbocycles. The molecule has 5 heteroatoms. The SMILES string of the molecule is CCn1nc(C)c(N)c1Oc1ccccc1CO. The molecule has 0 amide bonds. The van der Waals surface area contributed by atoms with Crippen molar-refractivity contribution in [2.45, 2.75) is 27.0 Å². The molecule has 96 valence electrons. The fraction of sp³-hybridized carbons (Fsp3) is 0.308. The molecule has 0 bridgehead atoms. The summed E-state index contributed by atoms with van der Waals surface area (Å²) in [6.45, 7) is 4.41. The number of rotatable bonds is 4. The maximum atomic E-state index is 9.26. The Morgan fingerprint density at radius 3 is 2.78 bits per heavy atom. The number of anilines is 1. The van der Waals surface area contributed by atoms with Crippen LogP contribution in [0.15, 0.2) is 24.3 Å². The Bertz CT molecular complexity index is 549. The molecule has 0 atom stereocenters. The lowest BCUT2D eigenvalue weighted by molar-refractivity contribution is 0.275. The first kappa shape index (κ1) is 12.4. The first-order valence-corrected chi connectivity index (χ1v) is 5.86. The van der Waals surface area contributed by atoms with Gasteiger partial charge in [-0.3, -0.25) is 0 Å². The molecule has 2 rings (SSSR count). The van der Waals surface area contributed by atoms with E-state index in [0.717, 1.165) is 11.3 Å². The second kappa shape index (κ2) is 5.10. The van der Waals surface area contributed by atoms with Gasteiger partial charge in [0.15, 0.2) is 0 Å². The molecule has 18 heavy (non-hydrogen) atoms. The van der Waals surface area contributed by atoms with E-state index in [4.69, 9.17) is 10.5 Å². The van der Waals surface area contributed by atoms with Gasteiger partial charge in [-0.25, -0.2) is 4.68 Å². The van der Waals surface area contributed by atoms with E-state index >= 15 is 0 Å². The van der Waals surface area contributed by atoms with Gasteiger partial charge in [-0.2, -0.15) is 5.10 Å². The molecule has 0 radical (unpaired) electrons. The summed E-state index contributed by atoms with van der Waals surface area (Å²) in [5, 5.41) is 13.5. The summed E-state index contributed by atoms with van der Waals surface area (Å²) in [6.07, 6.45) is 0. The van der Waals surface area contributed by atoms with E-state index < -0.39 is 0 Å². The number of aliphatic hydroxyl groups is 1. The van der Waals surface area contributed by atoms with Crippen LogP contribution in [-0.4, -0.2) is 14.9 Å². The van der Waals surface area contributed by atoms with Gasteiger partial charge in [-0.15, -0.1) is 0 Å². The summed E-state index contributed by atoms with van der Waals surface area (Å²) in [5.41, 5.74) is 7.94. The van der Waals surface area contributed by atoms with Gasteiger partial charge in [0.1, 0.15) is 11.4 Å². The van der Waals surface area contributed by atoms with Gasteiger partial charge in [-0.1, -0.05) is 18.2 Å². The first-order chi connectivity index (χ1) is 8.67. The summed E-state index contributed by atoms with van der Waals surface area (Å²) in [6, 6.07) is 7.31. The van der Waals surface area contributed by atoms with E-state index in [9.17, 15) is 5.11 Å². The molecular formula is C13H17N3O2. The van der Waals surface area contributed by atoms with Crippen molar-refractivity contribution in [2.75, 3.05) is 5.73 Å². The highest BCUT2D eigenvalue weighted by Crippen LogP contribution is 2.31. The van der Waals surface area contributed by atoms with Crippen molar-refractivity contribution < 1.29 is 9.84 Å². The highest BCUT2D eigenvalue weighted by atomic mass is 16.5. The van der Waals surface area contributed by atoms with Crippen LogP contribution in [0.25, 0.3) is 0 Å². The van der Waals surface area contributed by atoms with Crippen molar-refractivity contribution >= 4 is 5.69 Å². The van der Waals surface area contributed by atoms with Crippen LogP contribution < -0.4 is 10.5 Å². The molecule has 0 aliphatic heterocycles. The van der Waals surface area contributed by atoms with Crippen LogP contribution >= 0.6 is 0 Å². The predicted molar refractivity (Wildman–Crippen MR) is 69.5 cm³/mol. The van der Waals surface area contributed by atoms with Crippen molar-refractivity contribution in [1.29, 1.82) is 0 Å². The third kappa shape index (κ3) is 2.17. The van der Waals surface area contributed by atoms with Crippen molar-refractivity contribution in [2.24, 2.45) is 0 Å². The van der Waals surface area contributed by atoms with E-state index in [1.165, 1.54) is 0 Å². The highest BCUT2D eigenvalue weighted by molar-refractivity contribution is 5.54. The number of benzene rings is 1. The molecule has 0 fully saturated rings. The Balaban J connectivity index is 2.39. The lowest BCUT2D eigenvalue weighted by Gasteiger charge is -2.11. The quantitative estimate of drug-likeness (QED) is 0.867. The van der Waals surface area contributed by atoms with Gasteiger partial charge in [0.05, 0.1) is 12.3 Å². The van der Waals surface area contributed by atoms with Gasteiger partial charge in [0.2, 0.25) is 5.88 Å². The molecule has 0 saturated heterocycles. The number of nitrogen functional groups attached to an aromatic ring is 1. The predicted octanol–water partition coefficient (Wildman–Crippen LogP) is 2.08. The van der Waals surface area contributed by atoms with Gasteiger partial charge in [-0.05, 0) is 19.9 Å². The van der Waals surface area contributed by atoms with Crippen LogP contribution in [0, 0.1) is 6.92 Å². The molecule has 1 heterocycles. The fourth-order valence-electron chi connectivity index (χ4n) is 1.73. The Hall–Kier alpha value is -2.01. The number of aliphatic hydroxyl groups excluding tert-OH is 1. The molecule has 2 aromatic rings. The van der Waals surface area contributed by atoms with Crippen LogP contribution in [0.1, 0.15) is 18.2 Å². The van der Waals surface area contributed by atoms with E-state index in [2.05, 4.69) is 5.10 Å². The van der Waals surface area contributed by atoms with Crippen LogP contribution in [0.5, 0.6) is 11.6 Å². The smallest absolute Gasteiger partial charge is 0.241 e. The van der Waals surface area contributed by atoms with E-state index in [1.54, 1.807) is 10.7 Å². The second-order valence-electron chi connectivity index (χ2n) is 3.99. The zero-order valence-electron chi connectivity index (χ0n) is 10.6. The van der Waals surface area contributed by atoms with Crippen molar-refractivity contribution in [3.8, 4) is 11.6 Å². The highest BCUT2D eigenvalue weighted by Gasteiger charge is 2.15. The molecular weight excluding hydrogens is 230 g/mol. The molecule has 0 spiro atoms. The van der Waals surface area contributed by atoms with Crippen molar-refractivity contribution in [3.63, 3.8) is 0 Å². The zero-order chi connectivity index (χ0) is 13.1. The zero-order valence-corrected chi connectivity index (χ0v) is 10.6. The second-order valence-corrected chi connectivity index (χ2v) is 3.99. The normalized spacial score (nSPS) is 10.6. The maximum absolute atomic E-state index is 9.26. The molecule has 3 N–H and O–H groups in total. The van der Waals surface area contributed by atoms with E-state index in [1.807, 2.05) is 32.0 Å². The monoisotopic (exact) mass is 247 g/mol. The molecule has 1 aromatic heterocycles. The number of hydrogen-bond donors (Lipinski definition) is 2. The van der Waals surface area contributed by atoms with Gasteiger partial charge < -0.3 is 15.6 Å². The molecule has 0 saturated carbocycles. The Morgan fingerprint density at radius 1 is 1.39 bits per heavy atom. The fourth-order valence-corrected chi connectivity index (χ4v) is 1.73. The Labute approximate surface area is 106 Å². The van der Waals surface area contributed by atoms with E-state index in [-0.39, 0.29) is 6.61 Å². The third-order valence-electron chi connectivity index (χ3n) is 2.77. The molecule has 0 aliphatic carbocycles.